The van der Waals surface area contributed by atoms with Crippen LogP contribution in [0, 0.1) is 11.8 Å². The molecule has 0 spiro atoms. The lowest BCUT2D eigenvalue weighted by molar-refractivity contribution is 0.121. The molecule has 3 rings (SSSR count). The van der Waals surface area contributed by atoms with E-state index in [1.54, 1.807) is 6.92 Å². The van der Waals surface area contributed by atoms with E-state index in [9.17, 15) is 5.11 Å². The third-order valence-corrected chi connectivity index (χ3v) is 5.01. The SMILES string of the molecule is CCC(C#CC(C)(O)c1ccc2ccccc2c1)N1CCCCC1.CI. The fourth-order valence-electron chi connectivity index (χ4n) is 3.47. The molecule has 1 N–H and O–H groups in total. The van der Waals surface area contributed by atoms with Gasteiger partial charge in [-0.1, -0.05) is 84.2 Å². The van der Waals surface area contributed by atoms with Crippen LogP contribution >= 0.6 is 22.6 Å². The van der Waals surface area contributed by atoms with Crippen LogP contribution in [0.25, 0.3) is 10.8 Å². The molecular weight excluding hydrogens is 433 g/mol. The number of halogens is 1. The molecule has 3 heteroatoms. The van der Waals surface area contributed by atoms with Gasteiger partial charge in [0, 0.05) is 0 Å². The zero-order valence-corrected chi connectivity index (χ0v) is 18.3. The van der Waals surface area contributed by atoms with Crippen molar-refractivity contribution < 1.29 is 5.11 Å². The standard InChI is InChI=1S/C22H27NO.CH3I/c1-3-21(23-15-7-4-8-16-23)13-14-22(2,24)20-12-11-18-9-5-6-10-19(18)17-20;1-2/h5-6,9-12,17,21,24H,3-4,7-8,15-16H2,1-2H3;1H3. The Bertz CT molecular complexity index is 753. The van der Waals surface area contributed by atoms with Gasteiger partial charge in [-0.15, -0.1) is 0 Å². The van der Waals surface area contributed by atoms with Gasteiger partial charge in [0.1, 0.15) is 5.60 Å². The first-order chi connectivity index (χ1) is 12.6. The molecule has 140 valence electrons. The highest BCUT2D eigenvalue weighted by molar-refractivity contribution is 14.1. The Morgan fingerprint density at radius 3 is 2.38 bits per heavy atom. The fraction of sp³-hybridized carbons (Fsp3) is 0.478. The van der Waals surface area contributed by atoms with E-state index in [0.717, 1.165) is 30.5 Å². The van der Waals surface area contributed by atoms with Crippen LogP contribution in [0.2, 0.25) is 0 Å². The summed E-state index contributed by atoms with van der Waals surface area (Å²) in [4.78, 5) is 4.44. The number of fused-ring (bicyclic) bond motifs is 1. The number of nitrogens with zero attached hydrogens (tertiary/aromatic N) is 1. The van der Waals surface area contributed by atoms with Crippen molar-refractivity contribution >= 4 is 33.4 Å². The molecule has 1 fully saturated rings. The summed E-state index contributed by atoms with van der Waals surface area (Å²) in [7, 11) is 0. The summed E-state index contributed by atoms with van der Waals surface area (Å²) in [5.74, 6) is 6.50. The van der Waals surface area contributed by atoms with Gasteiger partial charge in [0.25, 0.3) is 0 Å². The molecule has 2 aromatic carbocycles. The third-order valence-electron chi connectivity index (χ3n) is 5.01. The van der Waals surface area contributed by atoms with Gasteiger partial charge in [-0.05, 0) is 66.6 Å². The molecule has 1 aliphatic rings. The number of aliphatic hydroxyl groups is 1. The quantitative estimate of drug-likeness (QED) is 0.376. The van der Waals surface area contributed by atoms with Crippen LogP contribution in [-0.4, -0.2) is 34.1 Å². The maximum absolute atomic E-state index is 10.9. The average molecular weight is 463 g/mol. The van der Waals surface area contributed by atoms with Gasteiger partial charge in [0.15, 0.2) is 0 Å². The minimum atomic E-state index is -1.12. The lowest BCUT2D eigenvalue weighted by Gasteiger charge is -2.31. The van der Waals surface area contributed by atoms with Gasteiger partial charge in [0.05, 0.1) is 6.04 Å². The van der Waals surface area contributed by atoms with E-state index in [1.165, 1.54) is 24.6 Å². The molecule has 0 aromatic heterocycles. The first-order valence-corrected chi connectivity index (χ1v) is 11.6. The molecule has 0 bridgehead atoms. The second-order valence-corrected chi connectivity index (χ2v) is 6.92. The van der Waals surface area contributed by atoms with Crippen molar-refractivity contribution in [3.63, 3.8) is 0 Å². The van der Waals surface area contributed by atoms with Crippen LogP contribution in [0.5, 0.6) is 0 Å². The Morgan fingerprint density at radius 2 is 1.73 bits per heavy atom. The molecule has 0 amide bonds. The smallest absolute Gasteiger partial charge is 0.148 e. The lowest BCUT2D eigenvalue weighted by atomic mass is 9.93. The van der Waals surface area contributed by atoms with Crippen molar-refractivity contribution in [2.24, 2.45) is 0 Å². The first kappa shape index (κ1) is 21.2. The maximum atomic E-state index is 10.9. The predicted octanol–water partition coefficient (Wildman–Crippen LogP) is 5.37. The van der Waals surface area contributed by atoms with Gasteiger partial charge in [0.2, 0.25) is 0 Å². The largest absolute Gasteiger partial charge is 0.374 e. The highest BCUT2D eigenvalue weighted by atomic mass is 127. The van der Waals surface area contributed by atoms with Crippen molar-refractivity contribution in [2.45, 2.75) is 51.2 Å². The minimum absolute atomic E-state index is 0.247. The molecule has 0 aliphatic carbocycles. The second kappa shape index (κ2) is 10.3. The van der Waals surface area contributed by atoms with Crippen molar-refractivity contribution in [1.29, 1.82) is 0 Å². The highest BCUT2D eigenvalue weighted by Crippen LogP contribution is 2.25. The van der Waals surface area contributed by atoms with Crippen LogP contribution < -0.4 is 0 Å². The molecular formula is C23H30INO. The number of hydrogen-bond acceptors (Lipinski definition) is 2. The van der Waals surface area contributed by atoms with E-state index in [4.69, 9.17) is 0 Å². The Labute approximate surface area is 172 Å². The number of benzene rings is 2. The van der Waals surface area contributed by atoms with Crippen LogP contribution in [0.1, 0.15) is 45.1 Å². The van der Waals surface area contributed by atoms with Gasteiger partial charge in [-0.3, -0.25) is 4.90 Å². The molecule has 26 heavy (non-hydrogen) atoms. The minimum Gasteiger partial charge on any atom is -0.374 e. The molecule has 2 unspecified atom stereocenters. The van der Waals surface area contributed by atoms with E-state index in [1.807, 2.05) is 29.2 Å². The topological polar surface area (TPSA) is 23.5 Å². The van der Waals surface area contributed by atoms with E-state index < -0.39 is 5.60 Å². The van der Waals surface area contributed by atoms with Crippen molar-refractivity contribution in [2.75, 3.05) is 18.0 Å². The van der Waals surface area contributed by atoms with Gasteiger partial charge < -0.3 is 5.11 Å². The summed E-state index contributed by atoms with van der Waals surface area (Å²) < 4.78 is 0. The van der Waals surface area contributed by atoms with E-state index in [-0.39, 0.29) is 6.04 Å². The van der Waals surface area contributed by atoms with Gasteiger partial charge >= 0.3 is 0 Å². The molecule has 0 radical (unpaired) electrons. The Balaban J connectivity index is 0.00000117. The second-order valence-electron chi connectivity index (χ2n) is 6.92. The zero-order chi connectivity index (χ0) is 19.0. The number of likely N-dealkylation sites (tertiary alicyclic amines) is 1. The normalized spacial score (nSPS) is 18.0. The Morgan fingerprint density at radius 1 is 1.08 bits per heavy atom. The predicted molar refractivity (Wildman–Crippen MR) is 121 cm³/mol. The average Bonchev–Trinajstić information content (AvgIpc) is 2.70. The van der Waals surface area contributed by atoms with E-state index in [2.05, 4.69) is 64.5 Å². The van der Waals surface area contributed by atoms with Gasteiger partial charge in [-0.2, -0.15) is 0 Å². The molecule has 2 atom stereocenters. The number of alkyl halides is 1. The van der Waals surface area contributed by atoms with E-state index >= 15 is 0 Å². The molecule has 2 aromatic rings. The molecule has 1 saturated heterocycles. The van der Waals surface area contributed by atoms with Crippen LogP contribution in [0.3, 0.4) is 0 Å². The fourth-order valence-corrected chi connectivity index (χ4v) is 3.47. The zero-order valence-electron chi connectivity index (χ0n) is 16.1. The van der Waals surface area contributed by atoms with Crippen molar-refractivity contribution in [1.82, 2.24) is 4.90 Å². The van der Waals surface area contributed by atoms with Gasteiger partial charge in [-0.25, -0.2) is 0 Å². The van der Waals surface area contributed by atoms with Crippen LogP contribution in [0.4, 0.5) is 0 Å². The molecule has 0 saturated carbocycles. The number of hydrogen-bond donors (Lipinski definition) is 1. The van der Waals surface area contributed by atoms with Crippen molar-refractivity contribution in [3.8, 4) is 11.8 Å². The Hall–Kier alpha value is -1.09. The van der Waals surface area contributed by atoms with Crippen molar-refractivity contribution in [3.05, 3.63) is 48.0 Å². The molecule has 2 nitrogen and oxygen atoms in total. The van der Waals surface area contributed by atoms with E-state index in [0.29, 0.717) is 0 Å². The third kappa shape index (κ3) is 5.45. The number of piperidine rings is 1. The summed E-state index contributed by atoms with van der Waals surface area (Å²) in [6.45, 7) is 6.24. The maximum Gasteiger partial charge on any atom is 0.148 e. The molecule has 1 aliphatic heterocycles. The molecule has 1 heterocycles. The summed E-state index contributed by atoms with van der Waals surface area (Å²) in [6, 6.07) is 14.6. The number of rotatable bonds is 3. The first-order valence-electron chi connectivity index (χ1n) is 9.46. The summed E-state index contributed by atoms with van der Waals surface area (Å²) in [5.41, 5.74) is -0.255. The lowest BCUT2D eigenvalue weighted by Crippen LogP contribution is -2.38. The monoisotopic (exact) mass is 463 g/mol. The Kier molecular flexibility index (Phi) is 8.40. The summed E-state index contributed by atoms with van der Waals surface area (Å²) in [5, 5.41) is 13.2. The highest BCUT2D eigenvalue weighted by Gasteiger charge is 2.22. The van der Waals surface area contributed by atoms with Crippen LogP contribution in [0.15, 0.2) is 42.5 Å². The summed E-state index contributed by atoms with van der Waals surface area (Å²) >= 11 is 2.15. The summed E-state index contributed by atoms with van der Waals surface area (Å²) in [6.07, 6.45) is 4.86. The van der Waals surface area contributed by atoms with Crippen LogP contribution in [-0.2, 0) is 5.60 Å².